The predicted molar refractivity (Wildman–Crippen MR) is 120 cm³/mol. The number of aryl methyl sites for hydroxylation is 1. The normalized spacial score (nSPS) is 21.2. The number of nitrogens with one attached hydrogen (secondary N) is 1. The molecular weight excluding hydrogens is 423 g/mol. The van der Waals surface area contributed by atoms with Crippen molar-refractivity contribution in [2.75, 3.05) is 18.0 Å². The molecule has 2 aliphatic rings. The average Bonchev–Trinajstić information content (AvgIpc) is 2.95. The topological polar surface area (TPSA) is 64.1 Å². The number of hydrogen-bond donors (Lipinski definition) is 1. The minimum Gasteiger partial charge on any atom is -0.759 e. The second-order valence-electron chi connectivity index (χ2n) is 9.27. The maximum Gasteiger partial charge on any atom is 1.00 e. The Bertz CT molecular complexity index is 897. The van der Waals surface area contributed by atoms with Gasteiger partial charge in [0.15, 0.2) is 0 Å². The van der Waals surface area contributed by atoms with E-state index >= 15 is 0 Å². The maximum atomic E-state index is 13.0. The average molecular weight is 453 g/mol. The molecule has 1 aliphatic heterocycles. The molecule has 1 saturated heterocycles. The van der Waals surface area contributed by atoms with E-state index < -0.39 is 11.4 Å². The molecule has 1 spiro atoms. The van der Waals surface area contributed by atoms with Crippen molar-refractivity contribution >= 4 is 29.8 Å². The van der Waals surface area contributed by atoms with E-state index in [9.17, 15) is 4.55 Å². The van der Waals surface area contributed by atoms with Crippen LogP contribution >= 0.6 is 0 Å². The van der Waals surface area contributed by atoms with E-state index in [4.69, 9.17) is 12.6 Å². The number of piperidine rings is 1. The molecule has 30 heavy (non-hydrogen) atoms. The third kappa shape index (κ3) is 4.68. The Labute approximate surface area is 210 Å². The Hall–Kier alpha value is -0.410. The Morgan fingerprint density at radius 3 is 2.53 bits per heavy atom. The Kier molecular flexibility index (Phi) is 7.45. The smallest absolute Gasteiger partial charge is 0.759 e. The fraction of sp³-hybridized carbons (Fsp3) is 0.545. The summed E-state index contributed by atoms with van der Waals surface area (Å²) in [7, 11) is 0. The van der Waals surface area contributed by atoms with Crippen LogP contribution in [0.3, 0.4) is 0 Å². The first-order valence-corrected chi connectivity index (χ1v) is 11.8. The monoisotopic (exact) mass is 452 g/mol. The van der Waals surface area contributed by atoms with Gasteiger partial charge in [-0.25, -0.2) is 4.98 Å². The molecule has 1 aromatic heterocycles. The molecule has 4 rings (SSSR count). The van der Waals surface area contributed by atoms with E-state index in [0.29, 0.717) is 5.03 Å². The second kappa shape index (κ2) is 9.22. The van der Waals surface area contributed by atoms with Gasteiger partial charge >= 0.3 is 29.6 Å². The summed E-state index contributed by atoms with van der Waals surface area (Å²) in [5, 5.41) is 0.542. The standard InChI is InChI=1S/C22H30N4OS2.Na/c1-15-20(23-14-18(28)24-15)26-11-9-22(10-12-26)13-16-7-5-6-8-17(16)19(22)25-29(27)21(2,3)4;/h5-8,14,19,25H,9-13H2,1-4H3,(H,24,28);/q;+1/p-1/t19-,29-;/m1./s1. The number of aromatic nitrogens is 2. The van der Waals surface area contributed by atoms with Crippen LogP contribution in [0.1, 0.15) is 56.5 Å². The van der Waals surface area contributed by atoms with Crippen molar-refractivity contribution in [1.29, 1.82) is 0 Å². The molecule has 0 saturated carbocycles. The van der Waals surface area contributed by atoms with E-state index in [1.807, 2.05) is 27.7 Å². The van der Waals surface area contributed by atoms with E-state index in [-0.39, 0.29) is 45.8 Å². The summed E-state index contributed by atoms with van der Waals surface area (Å²) in [5.74, 6) is 0.937. The van der Waals surface area contributed by atoms with E-state index in [2.05, 4.69) is 43.9 Å². The summed E-state index contributed by atoms with van der Waals surface area (Å²) < 4.78 is 16.2. The van der Waals surface area contributed by atoms with Crippen LogP contribution in [-0.2, 0) is 30.4 Å². The molecule has 2 atom stereocenters. The van der Waals surface area contributed by atoms with Gasteiger partial charge in [0.05, 0.1) is 11.7 Å². The summed E-state index contributed by atoms with van der Waals surface area (Å²) in [6.07, 6.45) is 4.75. The van der Waals surface area contributed by atoms with Crippen molar-refractivity contribution in [2.24, 2.45) is 5.41 Å². The fourth-order valence-corrected chi connectivity index (χ4v) is 5.79. The van der Waals surface area contributed by atoms with Gasteiger partial charge in [0.25, 0.3) is 0 Å². The summed E-state index contributed by atoms with van der Waals surface area (Å²) in [4.78, 5) is 11.3. The third-order valence-corrected chi connectivity index (χ3v) is 8.02. The van der Waals surface area contributed by atoms with Gasteiger partial charge in [-0.05, 0) is 58.1 Å². The van der Waals surface area contributed by atoms with Crippen LogP contribution in [0.2, 0.25) is 0 Å². The minimum atomic E-state index is -1.11. The zero-order valence-corrected chi connectivity index (χ0v) is 22.2. The molecule has 8 heteroatoms. The van der Waals surface area contributed by atoms with Gasteiger partial charge in [0, 0.05) is 36.1 Å². The molecule has 1 aliphatic carbocycles. The van der Waals surface area contributed by atoms with Gasteiger partial charge in [-0.2, -0.15) is 0 Å². The quantitative estimate of drug-likeness (QED) is 0.419. The molecular formula is C22H29N4NaOS2. The molecule has 2 aromatic rings. The first-order valence-electron chi connectivity index (χ1n) is 10.2. The number of nitrogens with zero attached hydrogens (tertiary/aromatic N) is 3. The van der Waals surface area contributed by atoms with Crippen molar-refractivity contribution in [3.05, 3.63) is 47.3 Å². The first-order chi connectivity index (χ1) is 13.7. The van der Waals surface area contributed by atoms with Gasteiger partial charge < -0.3 is 22.1 Å². The van der Waals surface area contributed by atoms with Gasteiger partial charge in [-0.1, -0.05) is 29.3 Å². The fourth-order valence-electron chi connectivity index (χ4n) is 4.65. The molecule has 1 N–H and O–H groups in total. The van der Waals surface area contributed by atoms with Gasteiger partial charge in [-0.15, -0.1) is 4.72 Å². The molecule has 0 amide bonds. The van der Waals surface area contributed by atoms with Crippen LogP contribution in [0, 0.1) is 12.3 Å². The molecule has 156 valence electrons. The van der Waals surface area contributed by atoms with Crippen LogP contribution in [-0.4, -0.2) is 32.4 Å². The van der Waals surface area contributed by atoms with E-state index in [1.165, 1.54) is 11.1 Å². The molecule has 5 nitrogen and oxygen atoms in total. The number of rotatable bonds is 3. The minimum absolute atomic E-state index is 0. The van der Waals surface area contributed by atoms with Crippen molar-refractivity contribution in [3.8, 4) is 0 Å². The molecule has 1 aromatic carbocycles. The third-order valence-electron chi connectivity index (χ3n) is 6.26. The van der Waals surface area contributed by atoms with Gasteiger partial charge in [0.2, 0.25) is 0 Å². The molecule has 2 heterocycles. The van der Waals surface area contributed by atoms with Gasteiger partial charge in [-0.3, -0.25) is 4.98 Å². The zero-order chi connectivity index (χ0) is 20.8. The van der Waals surface area contributed by atoms with Crippen molar-refractivity contribution in [3.63, 3.8) is 0 Å². The van der Waals surface area contributed by atoms with Crippen molar-refractivity contribution in [1.82, 2.24) is 14.7 Å². The zero-order valence-electron chi connectivity index (χ0n) is 18.6. The summed E-state index contributed by atoms with van der Waals surface area (Å²) >= 11 is 4.03. The molecule has 0 unspecified atom stereocenters. The van der Waals surface area contributed by atoms with Crippen LogP contribution in [0.5, 0.6) is 0 Å². The van der Waals surface area contributed by atoms with E-state index in [1.54, 1.807) is 6.20 Å². The Morgan fingerprint density at radius 2 is 1.90 bits per heavy atom. The Morgan fingerprint density at radius 1 is 1.23 bits per heavy atom. The number of hydrogen-bond acceptors (Lipinski definition) is 6. The summed E-state index contributed by atoms with van der Waals surface area (Å²) in [6.45, 7) is 9.88. The second-order valence-corrected chi connectivity index (χ2v) is 11.7. The number of benzene rings is 1. The van der Waals surface area contributed by atoms with Crippen LogP contribution < -0.4 is 39.2 Å². The van der Waals surface area contributed by atoms with Crippen molar-refractivity contribution < 1.29 is 34.1 Å². The number of anilines is 1. The van der Waals surface area contributed by atoms with Crippen LogP contribution in [0.15, 0.2) is 35.5 Å². The van der Waals surface area contributed by atoms with Gasteiger partial charge in [0.1, 0.15) is 10.6 Å². The largest absolute Gasteiger partial charge is 1.00 e. The van der Waals surface area contributed by atoms with Crippen LogP contribution in [0.25, 0.3) is 0 Å². The summed E-state index contributed by atoms with van der Waals surface area (Å²) in [5.41, 5.74) is 3.67. The first kappa shape index (κ1) is 24.2. The van der Waals surface area contributed by atoms with E-state index in [0.717, 1.165) is 43.9 Å². The molecule has 0 bridgehead atoms. The van der Waals surface area contributed by atoms with Crippen LogP contribution in [0.4, 0.5) is 5.82 Å². The molecule has 0 radical (unpaired) electrons. The molecule has 1 fully saturated rings. The number of fused-ring (bicyclic) bond motifs is 1. The van der Waals surface area contributed by atoms with Crippen molar-refractivity contribution in [2.45, 2.75) is 62.8 Å². The Balaban J connectivity index is 0.00000256. The SMILES string of the molecule is Cc1nc([S-])cnc1N1CCC2(CC1)Cc1ccccc1[C@H]2N[S@+]([O-])C(C)(C)C.[Na+]. The summed E-state index contributed by atoms with van der Waals surface area (Å²) in [6, 6.07) is 8.74. The predicted octanol–water partition coefficient (Wildman–Crippen LogP) is 0.631. The maximum absolute atomic E-state index is 13.0.